The Morgan fingerprint density at radius 2 is 1.69 bits per heavy atom. The summed E-state index contributed by atoms with van der Waals surface area (Å²) in [5, 5.41) is 0. The van der Waals surface area contributed by atoms with Crippen LogP contribution in [0.25, 0.3) is 0 Å². The Kier molecular flexibility index (Phi) is 3.87. The third kappa shape index (κ3) is 2.92. The fraction of sp³-hybridized carbons (Fsp3) is 0.500. The van der Waals surface area contributed by atoms with Crippen LogP contribution >= 0.6 is 0 Å². The van der Waals surface area contributed by atoms with Crippen molar-refractivity contribution in [2.24, 2.45) is 0 Å². The predicted molar refractivity (Wildman–Crippen MR) is 67.7 cm³/mol. The Balaban J connectivity index is 2.75. The highest BCUT2D eigenvalue weighted by Gasteiger charge is 2.29. The summed E-state index contributed by atoms with van der Waals surface area (Å²) >= 11 is 0. The molecule has 0 N–H and O–H groups in total. The molecule has 0 aliphatic heterocycles. The van der Waals surface area contributed by atoms with Crippen LogP contribution in [0.2, 0.25) is 0 Å². The van der Waals surface area contributed by atoms with E-state index in [-0.39, 0.29) is 5.78 Å². The predicted octanol–water partition coefficient (Wildman–Crippen LogP) is 2.45. The molecule has 1 aromatic carbocycles. The van der Waals surface area contributed by atoms with Crippen LogP contribution in [0.5, 0.6) is 0 Å². The number of carbonyl (C=O) groups excluding carboxylic acids is 1. The third-order valence-corrected chi connectivity index (χ3v) is 3.29. The molecule has 1 aromatic rings. The zero-order valence-corrected chi connectivity index (χ0v) is 10.9. The van der Waals surface area contributed by atoms with E-state index in [0.29, 0.717) is 6.42 Å². The fourth-order valence-electron chi connectivity index (χ4n) is 1.36. The molecule has 88 valence electrons. The average Bonchev–Trinajstić information content (AvgIpc) is 2.21. The van der Waals surface area contributed by atoms with Crippen LogP contribution in [0.3, 0.4) is 0 Å². The number of hydrogen-bond donors (Lipinski definition) is 0. The van der Waals surface area contributed by atoms with Gasteiger partial charge in [0.15, 0.2) is 5.78 Å². The highest BCUT2D eigenvalue weighted by molar-refractivity contribution is 5.89. The zero-order valence-electron chi connectivity index (χ0n) is 10.9. The van der Waals surface area contributed by atoms with E-state index in [4.69, 9.17) is 0 Å². The number of Topliss-reactive ketones (excluding diaryl/α,β-unsaturated/α-hetero) is 1. The highest BCUT2D eigenvalue weighted by Crippen LogP contribution is 2.15. The molecule has 0 bridgehead atoms. The van der Waals surface area contributed by atoms with Gasteiger partial charge in [0, 0.05) is 6.42 Å². The SMILES string of the molecule is Cc1ccc(CC(=O)C(C)(C)N(C)C)cc1. The molecule has 0 atom stereocenters. The highest BCUT2D eigenvalue weighted by atomic mass is 16.1. The number of benzene rings is 1. The minimum atomic E-state index is -0.398. The van der Waals surface area contributed by atoms with Gasteiger partial charge in [-0.05, 0) is 40.4 Å². The fourth-order valence-corrected chi connectivity index (χ4v) is 1.36. The monoisotopic (exact) mass is 219 g/mol. The maximum Gasteiger partial charge on any atom is 0.156 e. The largest absolute Gasteiger partial charge is 0.298 e. The van der Waals surface area contributed by atoms with Gasteiger partial charge in [-0.3, -0.25) is 9.69 Å². The van der Waals surface area contributed by atoms with Gasteiger partial charge in [0.1, 0.15) is 0 Å². The van der Waals surface area contributed by atoms with E-state index in [1.807, 2.05) is 57.1 Å². The summed E-state index contributed by atoms with van der Waals surface area (Å²) in [6, 6.07) is 8.15. The lowest BCUT2D eigenvalue weighted by Gasteiger charge is -2.30. The lowest BCUT2D eigenvalue weighted by atomic mass is 9.92. The van der Waals surface area contributed by atoms with Crippen molar-refractivity contribution >= 4 is 5.78 Å². The van der Waals surface area contributed by atoms with E-state index in [9.17, 15) is 4.79 Å². The third-order valence-electron chi connectivity index (χ3n) is 3.29. The number of carbonyl (C=O) groups is 1. The number of ketones is 1. The molecule has 0 saturated carbocycles. The van der Waals surface area contributed by atoms with E-state index < -0.39 is 5.54 Å². The first-order valence-corrected chi connectivity index (χ1v) is 5.60. The molecule has 0 radical (unpaired) electrons. The second-order valence-electron chi connectivity index (χ2n) is 5.04. The maximum atomic E-state index is 12.1. The van der Waals surface area contributed by atoms with Gasteiger partial charge in [-0.15, -0.1) is 0 Å². The van der Waals surface area contributed by atoms with E-state index in [0.717, 1.165) is 5.56 Å². The van der Waals surface area contributed by atoms with Gasteiger partial charge in [0.2, 0.25) is 0 Å². The molecule has 0 unspecified atom stereocenters. The molecule has 0 saturated heterocycles. The molecule has 2 nitrogen and oxygen atoms in total. The van der Waals surface area contributed by atoms with Crippen LogP contribution in [0.4, 0.5) is 0 Å². The number of rotatable bonds is 4. The molecule has 0 spiro atoms. The molecule has 2 heteroatoms. The molecular formula is C14H21NO. The summed E-state index contributed by atoms with van der Waals surface area (Å²) in [5.41, 5.74) is 1.92. The van der Waals surface area contributed by atoms with Crippen molar-refractivity contribution in [1.29, 1.82) is 0 Å². The molecular weight excluding hydrogens is 198 g/mol. The van der Waals surface area contributed by atoms with Crippen LogP contribution in [0, 0.1) is 6.92 Å². The van der Waals surface area contributed by atoms with E-state index >= 15 is 0 Å². The zero-order chi connectivity index (χ0) is 12.3. The van der Waals surface area contributed by atoms with Crippen molar-refractivity contribution < 1.29 is 4.79 Å². The van der Waals surface area contributed by atoms with E-state index in [1.54, 1.807) is 0 Å². The van der Waals surface area contributed by atoms with Crippen LogP contribution in [-0.2, 0) is 11.2 Å². The molecule has 0 amide bonds. The quantitative estimate of drug-likeness (QED) is 0.775. The van der Waals surface area contributed by atoms with Gasteiger partial charge in [0.25, 0.3) is 0 Å². The average molecular weight is 219 g/mol. The Hall–Kier alpha value is -1.15. The molecule has 1 rings (SSSR count). The van der Waals surface area contributed by atoms with E-state index in [1.165, 1.54) is 5.56 Å². The first kappa shape index (κ1) is 12.9. The summed E-state index contributed by atoms with van der Waals surface area (Å²) in [7, 11) is 3.88. The van der Waals surface area contributed by atoms with Gasteiger partial charge < -0.3 is 0 Å². The van der Waals surface area contributed by atoms with Gasteiger partial charge >= 0.3 is 0 Å². The molecule has 0 fully saturated rings. The summed E-state index contributed by atoms with van der Waals surface area (Å²) in [6.07, 6.45) is 0.505. The lowest BCUT2D eigenvalue weighted by molar-refractivity contribution is -0.127. The second-order valence-corrected chi connectivity index (χ2v) is 5.04. The number of hydrogen-bond acceptors (Lipinski definition) is 2. The molecule has 16 heavy (non-hydrogen) atoms. The van der Waals surface area contributed by atoms with Crippen LogP contribution in [0.15, 0.2) is 24.3 Å². The first-order valence-electron chi connectivity index (χ1n) is 5.60. The summed E-state index contributed by atoms with van der Waals surface area (Å²) in [4.78, 5) is 14.1. The number of nitrogens with zero attached hydrogens (tertiary/aromatic N) is 1. The minimum Gasteiger partial charge on any atom is -0.298 e. The molecule has 0 aliphatic carbocycles. The molecule has 0 aliphatic rings. The lowest BCUT2D eigenvalue weighted by Crippen LogP contribution is -2.46. The van der Waals surface area contributed by atoms with Gasteiger partial charge in [-0.2, -0.15) is 0 Å². The van der Waals surface area contributed by atoms with E-state index in [2.05, 4.69) is 6.92 Å². The Morgan fingerprint density at radius 1 is 1.19 bits per heavy atom. The molecule has 0 heterocycles. The summed E-state index contributed by atoms with van der Waals surface area (Å²) < 4.78 is 0. The molecule has 0 aromatic heterocycles. The van der Waals surface area contributed by atoms with Crippen LogP contribution < -0.4 is 0 Å². The maximum absolute atomic E-state index is 12.1. The van der Waals surface area contributed by atoms with Gasteiger partial charge in [0.05, 0.1) is 5.54 Å². The summed E-state index contributed by atoms with van der Waals surface area (Å²) in [6.45, 7) is 5.97. The van der Waals surface area contributed by atoms with Crippen molar-refractivity contribution in [3.8, 4) is 0 Å². The topological polar surface area (TPSA) is 20.3 Å². The van der Waals surface area contributed by atoms with Crippen molar-refractivity contribution in [2.45, 2.75) is 32.7 Å². The Morgan fingerprint density at radius 3 is 2.12 bits per heavy atom. The second kappa shape index (κ2) is 4.79. The Bertz CT molecular complexity index is 363. The van der Waals surface area contributed by atoms with Gasteiger partial charge in [-0.1, -0.05) is 29.8 Å². The number of likely N-dealkylation sites (N-methyl/N-ethyl adjacent to an activating group) is 1. The van der Waals surface area contributed by atoms with Crippen molar-refractivity contribution in [2.75, 3.05) is 14.1 Å². The standard InChI is InChI=1S/C14H21NO/c1-11-6-8-12(9-7-11)10-13(16)14(2,3)15(4)5/h6-9H,10H2,1-5H3. The minimum absolute atomic E-state index is 0.251. The smallest absolute Gasteiger partial charge is 0.156 e. The first-order chi connectivity index (χ1) is 7.34. The van der Waals surface area contributed by atoms with Crippen molar-refractivity contribution in [1.82, 2.24) is 4.90 Å². The van der Waals surface area contributed by atoms with Crippen LogP contribution in [-0.4, -0.2) is 30.3 Å². The van der Waals surface area contributed by atoms with Crippen molar-refractivity contribution in [3.05, 3.63) is 35.4 Å². The Labute approximate surface area is 98.3 Å². The summed E-state index contributed by atoms with van der Waals surface area (Å²) in [5.74, 6) is 0.251. The number of aryl methyl sites for hydroxylation is 1. The normalized spacial score (nSPS) is 11.9. The van der Waals surface area contributed by atoms with Crippen LogP contribution in [0.1, 0.15) is 25.0 Å². The van der Waals surface area contributed by atoms with Gasteiger partial charge in [-0.25, -0.2) is 0 Å². The van der Waals surface area contributed by atoms with Crippen molar-refractivity contribution in [3.63, 3.8) is 0 Å².